The Morgan fingerprint density at radius 1 is 1.17 bits per heavy atom. The summed E-state index contributed by atoms with van der Waals surface area (Å²) in [4.78, 5) is 32.2. The normalized spacial score (nSPS) is 18.6. The minimum Gasteiger partial charge on any atom is -0.497 e. The van der Waals surface area contributed by atoms with E-state index in [9.17, 15) is 9.59 Å². The zero-order valence-corrected chi connectivity index (χ0v) is 17.6. The lowest BCUT2D eigenvalue weighted by atomic mass is 9.94. The molecule has 4 rings (SSSR count). The Kier molecular flexibility index (Phi) is 5.90. The molecule has 2 aliphatic heterocycles. The molecular formula is C23H22N2O4S. The first kappa shape index (κ1) is 20.2. The Morgan fingerprint density at radius 2 is 1.90 bits per heavy atom. The molecule has 0 bridgehead atoms. The van der Waals surface area contributed by atoms with Crippen molar-refractivity contribution < 1.29 is 19.1 Å². The average Bonchev–Trinajstić information content (AvgIpc) is 2.77. The van der Waals surface area contributed by atoms with E-state index >= 15 is 0 Å². The second kappa shape index (κ2) is 8.75. The molecule has 0 N–H and O–H groups in total. The van der Waals surface area contributed by atoms with E-state index in [-0.39, 0.29) is 12.5 Å². The SMILES string of the molecule is COc1ccc([C@H]2C(C(=O)OCc3ccccc3)=C(C)N=C3SCCC(=O)N32)cc1. The summed E-state index contributed by atoms with van der Waals surface area (Å²) < 4.78 is 10.9. The van der Waals surface area contributed by atoms with Crippen LogP contribution >= 0.6 is 11.8 Å². The number of amides is 1. The zero-order chi connectivity index (χ0) is 21.1. The minimum absolute atomic E-state index is 0.0471. The van der Waals surface area contributed by atoms with Crippen LogP contribution in [0.1, 0.15) is 30.5 Å². The van der Waals surface area contributed by atoms with Crippen LogP contribution in [0.15, 0.2) is 70.9 Å². The van der Waals surface area contributed by atoms with Crippen LogP contribution in [0.2, 0.25) is 0 Å². The Morgan fingerprint density at radius 3 is 2.60 bits per heavy atom. The van der Waals surface area contributed by atoms with Crippen LogP contribution < -0.4 is 4.74 Å². The van der Waals surface area contributed by atoms with Gasteiger partial charge in [0.1, 0.15) is 12.4 Å². The molecule has 1 atom stereocenters. The van der Waals surface area contributed by atoms with Gasteiger partial charge in [0, 0.05) is 12.2 Å². The number of hydrogen-bond donors (Lipinski definition) is 0. The van der Waals surface area contributed by atoms with Crippen molar-refractivity contribution in [3.63, 3.8) is 0 Å². The van der Waals surface area contributed by atoms with Gasteiger partial charge in [-0.05, 0) is 30.2 Å². The van der Waals surface area contributed by atoms with Crippen molar-refractivity contribution in [2.24, 2.45) is 4.99 Å². The molecule has 154 valence electrons. The minimum atomic E-state index is -0.577. The summed E-state index contributed by atoms with van der Waals surface area (Å²) in [6.45, 7) is 1.95. The van der Waals surface area contributed by atoms with E-state index < -0.39 is 12.0 Å². The molecule has 1 fully saturated rings. The highest BCUT2D eigenvalue weighted by molar-refractivity contribution is 8.14. The van der Waals surface area contributed by atoms with Crippen LogP contribution in [0.3, 0.4) is 0 Å². The number of amidine groups is 1. The van der Waals surface area contributed by atoms with E-state index in [1.165, 1.54) is 11.8 Å². The molecule has 2 aliphatic rings. The number of carbonyl (C=O) groups excluding carboxylic acids is 2. The van der Waals surface area contributed by atoms with E-state index in [0.717, 1.165) is 11.1 Å². The highest BCUT2D eigenvalue weighted by Crippen LogP contribution is 2.40. The predicted octanol–water partition coefficient (Wildman–Crippen LogP) is 4.09. The first-order chi connectivity index (χ1) is 14.6. The zero-order valence-electron chi connectivity index (χ0n) is 16.8. The fourth-order valence-electron chi connectivity index (χ4n) is 3.56. The van der Waals surface area contributed by atoms with Crippen molar-refractivity contribution in [3.05, 3.63) is 77.0 Å². The molecule has 0 saturated carbocycles. The van der Waals surface area contributed by atoms with E-state index in [1.54, 1.807) is 18.9 Å². The molecule has 0 unspecified atom stereocenters. The number of thioether (sulfide) groups is 1. The third-order valence-corrected chi connectivity index (χ3v) is 6.03. The molecule has 2 heterocycles. The maximum Gasteiger partial charge on any atom is 0.338 e. The molecule has 6 nitrogen and oxygen atoms in total. The summed E-state index contributed by atoms with van der Waals surface area (Å²) in [5.74, 6) is 0.874. The molecular weight excluding hydrogens is 400 g/mol. The number of fused-ring (bicyclic) bond motifs is 1. The fraction of sp³-hybridized carbons (Fsp3) is 0.261. The number of rotatable bonds is 5. The Labute approximate surface area is 179 Å². The average molecular weight is 423 g/mol. The summed E-state index contributed by atoms with van der Waals surface area (Å²) in [6.07, 6.45) is 0.404. The van der Waals surface area contributed by atoms with Crippen LogP contribution in [0, 0.1) is 0 Å². The van der Waals surface area contributed by atoms with Gasteiger partial charge in [0.15, 0.2) is 5.17 Å². The number of benzene rings is 2. The lowest BCUT2D eigenvalue weighted by Crippen LogP contribution is -2.45. The molecule has 2 aromatic carbocycles. The summed E-state index contributed by atoms with van der Waals surface area (Å²) in [6, 6.07) is 16.3. The number of aliphatic imine (C=N–C) groups is 1. The van der Waals surface area contributed by atoms with E-state index in [2.05, 4.69) is 4.99 Å². The molecule has 0 spiro atoms. The van der Waals surface area contributed by atoms with E-state index in [1.807, 2.05) is 54.6 Å². The van der Waals surface area contributed by atoms with Crippen LogP contribution in [-0.2, 0) is 20.9 Å². The molecule has 0 aromatic heterocycles. The topological polar surface area (TPSA) is 68.2 Å². The van der Waals surface area contributed by atoms with Gasteiger partial charge in [-0.2, -0.15) is 0 Å². The molecule has 1 amide bonds. The van der Waals surface area contributed by atoms with Gasteiger partial charge < -0.3 is 9.47 Å². The lowest BCUT2D eigenvalue weighted by molar-refractivity contribution is -0.141. The standard InChI is InChI=1S/C23H22N2O4S/c1-15-20(22(27)29-14-16-6-4-3-5-7-16)21(17-8-10-18(28-2)11-9-17)25-19(26)12-13-30-23(25)24-15/h3-11,21H,12-14H2,1-2H3/t21-/m0/s1. The van der Waals surface area contributed by atoms with Gasteiger partial charge in [-0.15, -0.1) is 0 Å². The number of methoxy groups -OCH3 is 1. The summed E-state index contributed by atoms with van der Waals surface area (Å²) in [5, 5.41) is 0.629. The third-order valence-electron chi connectivity index (χ3n) is 5.07. The van der Waals surface area contributed by atoms with Crippen molar-refractivity contribution in [1.29, 1.82) is 0 Å². The van der Waals surface area contributed by atoms with Gasteiger partial charge in [-0.25, -0.2) is 9.79 Å². The number of allylic oxidation sites excluding steroid dienone is 1. The predicted molar refractivity (Wildman–Crippen MR) is 116 cm³/mol. The molecule has 0 radical (unpaired) electrons. The molecule has 1 saturated heterocycles. The molecule has 7 heteroatoms. The second-order valence-electron chi connectivity index (χ2n) is 6.99. The summed E-state index contributed by atoms with van der Waals surface area (Å²) >= 11 is 1.53. The van der Waals surface area contributed by atoms with E-state index in [0.29, 0.717) is 34.4 Å². The van der Waals surface area contributed by atoms with Gasteiger partial charge in [-0.1, -0.05) is 54.2 Å². The van der Waals surface area contributed by atoms with Crippen LogP contribution in [0.25, 0.3) is 0 Å². The summed E-state index contributed by atoms with van der Waals surface area (Å²) in [5.41, 5.74) is 2.66. The second-order valence-corrected chi connectivity index (χ2v) is 8.06. The maximum atomic E-state index is 13.2. The van der Waals surface area contributed by atoms with E-state index in [4.69, 9.17) is 9.47 Å². The van der Waals surface area contributed by atoms with Crippen LogP contribution in [0.4, 0.5) is 0 Å². The number of carbonyl (C=O) groups is 2. The van der Waals surface area contributed by atoms with Crippen molar-refractivity contribution >= 4 is 28.8 Å². The maximum absolute atomic E-state index is 13.2. The van der Waals surface area contributed by atoms with Gasteiger partial charge in [0.25, 0.3) is 0 Å². The Balaban J connectivity index is 1.70. The fourth-order valence-corrected chi connectivity index (χ4v) is 4.57. The monoisotopic (exact) mass is 422 g/mol. The largest absolute Gasteiger partial charge is 0.497 e. The van der Waals surface area contributed by atoms with Crippen LogP contribution in [0.5, 0.6) is 5.75 Å². The first-order valence-corrected chi connectivity index (χ1v) is 10.7. The number of esters is 1. The molecule has 30 heavy (non-hydrogen) atoms. The van der Waals surface area contributed by atoms with Gasteiger partial charge in [-0.3, -0.25) is 9.69 Å². The highest BCUT2D eigenvalue weighted by atomic mass is 32.2. The Hall–Kier alpha value is -3.06. The van der Waals surface area contributed by atoms with Gasteiger partial charge in [0.05, 0.1) is 24.4 Å². The van der Waals surface area contributed by atoms with Crippen molar-refractivity contribution in [2.75, 3.05) is 12.9 Å². The number of nitrogens with zero attached hydrogens (tertiary/aromatic N) is 2. The highest BCUT2D eigenvalue weighted by Gasteiger charge is 2.41. The van der Waals surface area contributed by atoms with Gasteiger partial charge >= 0.3 is 5.97 Å². The van der Waals surface area contributed by atoms with Gasteiger partial charge in [0.2, 0.25) is 5.91 Å². The molecule has 0 aliphatic carbocycles. The number of hydrogen-bond acceptors (Lipinski definition) is 6. The van der Waals surface area contributed by atoms with Crippen molar-refractivity contribution in [3.8, 4) is 5.75 Å². The third kappa shape index (κ3) is 3.98. The number of ether oxygens (including phenoxy) is 2. The first-order valence-electron chi connectivity index (χ1n) is 9.68. The summed E-state index contributed by atoms with van der Waals surface area (Å²) in [7, 11) is 1.60. The Bertz CT molecular complexity index is 1020. The van der Waals surface area contributed by atoms with Crippen molar-refractivity contribution in [2.45, 2.75) is 26.0 Å². The van der Waals surface area contributed by atoms with Crippen molar-refractivity contribution in [1.82, 2.24) is 4.90 Å². The lowest BCUT2D eigenvalue weighted by Gasteiger charge is -2.38. The van der Waals surface area contributed by atoms with Crippen LogP contribution in [-0.4, -0.2) is 34.8 Å². The molecule has 2 aromatic rings. The smallest absolute Gasteiger partial charge is 0.338 e. The quantitative estimate of drug-likeness (QED) is 0.679.